The van der Waals surface area contributed by atoms with E-state index in [9.17, 15) is 0 Å². The maximum atomic E-state index is 7.21. The lowest BCUT2D eigenvalue weighted by Crippen LogP contribution is -2.46. The van der Waals surface area contributed by atoms with Crippen molar-refractivity contribution >= 4 is 37.7 Å². The summed E-state index contributed by atoms with van der Waals surface area (Å²) >= 11 is 0. The van der Waals surface area contributed by atoms with Crippen LogP contribution in [0, 0.1) is 0 Å². The van der Waals surface area contributed by atoms with E-state index in [4.69, 9.17) is 84.8 Å². The quantitative estimate of drug-likeness (QED) is 0.0408. The average Bonchev–Trinajstić information content (AvgIpc) is 1.63. The van der Waals surface area contributed by atoms with E-state index >= 15 is 0 Å². The third-order valence-electron chi connectivity index (χ3n) is 22.7. The van der Waals surface area contributed by atoms with E-state index in [2.05, 4.69) is 174 Å². The number of benzene rings is 4. The Morgan fingerprint density at radius 3 is 0.548 bits per heavy atom. The Hall–Kier alpha value is -3.65. The van der Waals surface area contributed by atoms with Crippen LogP contribution in [0.5, 0.6) is 0 Å². The summed E-state index contributed by atoms with van der Waals surface area (Å²) in [5, 5.41) is 0. The Balaban J connectivity index is 1.05. The van der Waals surface area contributed by atoms with Gasteiger partial charge in [-0.25, -0.2) is 0 Å². The summed E-state index contributed by atoms with van der Waals surface area (Å²) in [6, 6.07) is 32.4. The molecule has 0 radical (unpaired) electrons. The van der Waals surface area contributed by atoms with Gasteiger partial charge in [-0.1, -0.05) is 91.0 Å². The van der Waals surface area contributed by atoms with Gasteiger partial charge in [-0.05, 0) is 210 Å². The molecule has 510 valence electrons. The zero-order valence-corrected chi connectivity index (χ0v) is 59.0. The second kappa shape index (κ2) is 27.9. The summed E-state index contributed by atoms with van der Waals surface area (Å²) in [4.78, 5) is 0. The lowest BCUT2D eigenvalue weighted by Gasteiger charge is -2.49. The van der Waals surface area contributed by atoms with Crippen molar-refractivity contribution in [3.63, 3.8) is 0 Å². The second-order valence-electron chi connectivity index (χ2n) is 29.7. The Kier molecular flexibility index (Phi) is 21.7. The fourth-order valence-electron chi connectivity index (χ4n) is 14.5. The number of hydrogen-bond donors (Lipinski definition) is 0. The highest BCUT2D eigenvalue weighted by Crippen LogP contribution is 2.57. The molecule has 10 rings (SSSR count). The summed E-state index contributed by atoms with van der Waals surface area (Å²) < 4.78 is 116. The lowest BCUT2D eigenvalue weighted by molar-refractivity contribution is -0.207. The molecule has 0 amide bonds. The van der Waals surface area contributed by atoms with Gasteiger partial charge in [-0.3, -0.25) is 0 Å². The smallest absolute Gasteiger partial charge is 0.399 e. The molecule has 3 aliphatic heterocycles. The number of hydrogen-bond acceptors (Lipinski definition) is 18. The van der Waals surface area contributed by atoms with Gasteiger partial charge in [0.1, 0.15) is 40.8 Å². The van der Waals surface area contributed by atoms with Crippen LogP contribution in [0.1, 0.15) is 194 Å². The lowest BCUT2D eigenvalue weighted by atomic mass is 9.65. The first-order chi connectivity index (χ1) is 44.0. The van der Waals surface area contributed by atoms with Gasteiger partial charge in [0.25, 0.3) is 0 Å². The van der Waals surface area contributed by atoms with E-state index in [1.807, 2.05) is 0 Å². The Morgan fingerprint density at radius 1 is 0.247 bits per heavy atom. The van der Waals surface area contributed by atoms with E-state index in [1.54, 1.807) is 42.7 Å². The number of ether oxygens (including phenoxy) is 12. The van der Waals surface area contributed by atoms with Gasteiger partial charge < -0.3 is 84.8 Å². The van der Waals surface area contributed by atoms with E-state index < -0.39 is 88.6 Å². The Morgan fingerprint density at radius 2 is 0.398 bits per heavy atom. The summed E-state index contributed by atoms with van der Waals surface area (Å²) in [6.07, 6.45) is 6.90. The summed E-state index contributed by atoms with van der Waals surface area (Å²) in [7, 11) is 8.47. The van der Waals surface area contributed by atoms with Crippen molar-refractivity contribution in [3.8, 4) is 0 Å². The van der Waals surface area contributed by atoms with Crippen LogP contribution in [0.3, 0.4) is 0 Å². The molecule has 18 nitrogen and oxygen atoms in total. The fourth-order valence-corrected chi connectivity index (χ4v) is 14.5. The minimum Gasteiger partial charge on any atom is -0.399 e. The van der Waals surface area contributed by atoms with Gasteiger partial charge in [-0.15, -0.1) is 0 Å². The molecule has 6 aliphatic rings. The third kappa shape index (κ3) is 14.2. The minimum atomic E-state index is -0.883. The van der Waals surface area contributed by atoms with Crippen LogP contribution in [0.4, 0.5) is 0 Å². The van der Waals surface area contributed by atoms with Gasteiger partial charge in [0, 0.05) is 42.7 Å². The SMILES string of the molecule is COCOC1(c2ccc(B3OC(C)(C)C(C)(C)O3)cc2)CCC(OCOC)(c2cc(C3(OCOC)CCC(OCOC)(c4ccc(B5OC(C)(C)C(C)(C)O5)cc4)CC3)cc(C3(OCOC)CCC(OCOC)(c4ccc(B5OC(C)(C)C(C)(C)O5)cc4)CC3)c2)CC1. The van der Waals surface area contributed by atoms with E-state index in [0.29, 0.717) is 77.0 Å². The molecular formula is C72H105B3O18. The van der Waals surface area contributed by atoms with E-state index in [0.717, 1.165) is 49.8 Å². The maximum absolute atomic E-state index is 7.21. The molecule has 6 fully saturated rings. The van der Waals surface area contributed by atoms with E-state index in [1.165, 1.54) is 0 Å². The molecule has 93 heavy (non-hydrogen) atoms. The molecule has 0 aromatic heterocycles. The fraction of sp³-hybridized carbons (Fsp3) is 0.667. The zero-order chi connectivity index (χ0) is 67.0. The van der Waals surface area contributed by atoms with Crippen LogP contribution in [0.15, 0.2) is 91.0 Å². The molecule has 0 bridgehead atoms. The molecule has 21 heteroatoms. The first-order valence-electron chi connectivity index (χ1n) is 33.3. The average molecular weight is 1290 g/mol. The summed E-state index contributed by atoms with van der Waals surface area (Å²) in [5.41, 5.74) is 1.09. The first-order valence-corrected chi connectivity index (χ1v) is 33.3. The molecule has 0 atom stereocenters. The highest BCUT2D eigenvalue weighted by Gasteiger charge is 2.57. The molecule has 0 N–H and O–H groups in total. The van der Waals surface area contributed by atoms with Crippen LogP contribution >= 0.6 is 0 Å². The molecule has 4 aromatic rings. The maximum Gasteiger partial charge on any atom is 0.494 e. The normalized spacial score (nSPS) is 30.3. The van der Waals surface area contributed by atoms with Gasteiger partial charge in [0.15, 0.2) is 0 Å². The molecule has 3 saturated carbocycles. The predicted octanol–water partition coefficient (Wildman–Crippen LogP) is 11.3. The highest BCUT2D eigenvalue weighted by atomic mass is 16.7. The minimum absolute atomic E-state index is 0.0459. The van der Waals surface area contributed by atoms with Gasteiger partial charge >= 0.3 is 21.4 Å². The zero-order valence-electron chi connectivity index (χ0n) is 59.0. The number of rotatable bonds is 27. The van der Waals surface area contributed by atoms with Gasteiger partial charge in [0.05, 0.1) is 67.2 Å². The van der Waals surface area contributed by atoms with Gasteiger partial charge in [-0.2, -0.15) is 0 Å². The first kappa shape index (κ1) is 72.1. The molecule has 4 aromatic carbocycles. The van der Waals surface area contributed by atoms with Crippen LogP contribution in [0.2, 0.25) is 0 Å². The number of methoxy groups -OCH3 is 6. The predicted molar refractivity (Wildman–Crippen MR) is 356 cm³/mol. The van der Waals surface area contributed by atoms with Crippen molar-refractivity contribution in [1.29, 1.82) is 0 Å². The largest absolute Gasteiger partial charge is 0.494 e. The highest BCUT2D eigenvalue weighted by molar-refractivity contribution is 6.63. The molecular weight excluding hydrogens is 1190 g/mol. The van der Waals surface area contributed by atoms with Crippen LogP contribution in [-0.2, 0) is 118 Å². The van der Waals surface area contributed by atoms with Crippen LogP contribution in [0.25, 0.3) is 0 Å². The monoisotopic (exact) mass is 1290 g/mol. The van der Waals surface area contributed by atoms with Gasteiger partial charge in [0.2, 0.25) is 0 Å². The summed E-state index contributed by atoms with van der Waals surface area (Å²) in [6.45, 7) is 25.3. The van der Waals surface area contributed by atoms with Crippen molar-refractivity contribution in [2.24, 2.45) is 0 Å². The van der Waals surface area contributed by atoms with Crippen molar-refractivity contribution < 1.29 is 84.8 Å². The van der Waals surface area contributed by atoms with Crippen LogP contribution in [-0.4, -0.2) is 138 Å². The van der Waals surface area contributed by atoms with Crippen molar-refractivity contribution in [3.05, 3.63) is 124 Å². The topological polar surface area (TPSA) is 166 Å². The van der Waals surface area contributed by atoms with Crippen molar-refractivity contribution in [2.45, 2.75) is 227 Å². The molecule has 0 unspecified atom stereocenters. The summed E-state index contributed by atoms with van der Waals surface area (Å²) in [5.74, 6) is 0. The van der Waals surface area contributed by atoms with Crippen molar-refractivity contribution in [2.75, 3.05) is 83.4 Å². The standard InChI is InChI=1S/C72H105B3O18/c1-61(2)62(3,4)89-73(88-61)58-25-19-52(20-26-58)67(82-46-76-13)31-37-70(38-32-67,85-49-79-16)55-43-56(71(86-50-80-17)39-33-68(34-40-71,83-47-77-14)53-21-27-59(28-22-53)74-90-63(5,6)64(7,8)91-74)45-57(44-55)72(87-51-81-18)41-35-69(36-42-72,84-48-78-15)54-23-29-60(30-24-54)75-92-65(9,10)66(11,12)93-75/h19-30,43-45H,31-42,46-51H2,1-18H3. The Bertz CT molecular complexity index is 2700. The molecule has 3 aliphatic carbocycles. The van der Waals surface area contributed by atoms with E-state index in [-0.39, 0.29) is 40.8 Å². The Labute approximate surface area is 555 Å². The molecule has 3 heterocycles. The second-order valence-corrected chi connectivity index (χ2v) is 29.7. The molecule has 0 spiro atoms. The molecule has 3 saturated heterocycles. The van der Waals surface area contributed by atoms with Crippen molar-refractivity contribution in [1.82, 2.24) is 0 Å². The van der Waals surface area contributed by atoms with Crippen LogP contribution < -0.4 is 16.4 Å². The third-order valence-corrected chi connectivity index (χ3v) is 22.7.